The summed E-state index contributed by atoms with van der Waals surface area (Å²) in [5.41, 5.74) is 4.37. The fraction of sp³-hybridized carbons (Fsp3) is 0.333. The third kappa shape index (κ3) is 4.51. The van der Waals surface area contributed by atoms with Crippen LogP contribution in [0.5, 0.6) is 0 Å². The number of carbonyl (C=O) groups is 1. The molecule has 0 bridgehead atoms. The van der Waals surface area contributed by atoms with E-state index in [9.17, 15) is 13.6 Å². The van der Waals surface area contributed by atoms with Gasteiger partial charge in [-0.05, 0) is 57.4 Å². The molecule has 0 spiro atoms. The van der Waals surface area contributed by atoms with Gasteiger partial charge in [0.1, 0.15) is 17.3 Å². The molecule has 0 aliphatic heterocycles. The number of imidazole rings is 1. The maximum Gasteiger partial charge on any atom is 0.357 e. The summed E-state index contributed by atoms with van der Waals surface area (Å²) in [5.74, 6) is -1.23. The number of aryl methyl sites for hydroxylation is 3. The van der Waals surface area contributed by atoms with Crippen molar-refractivity contribution in [2.75, 3.05) is 6.61 Å². The van der Waals surface area contributed by atoms with Crippen LogP contribution in [-0.2, 0) is 11.2 Å². The smallest absolute Gasteiger partial charge is 0.357 e. The number of pyridine rings is 1. The number of carbonyl (C=O) groups excluding carboxylic acids is 1. The van der Waals surface area contributed by atoms with E-state index in [1.54, 1.807) is 13.8 Å². The van der Waals surface area contributed by atoms with Gasteiger partial charge in [0.15, 0.2) is 5.69 Å². The fourth-order valence-electron chi connectivity index (χ4n) is 2.91. The van der Waals surface area contributed by atoms with E-state index in [4.69, 9.17) is 4.74 Å². The molecule has 27 heavy (non-hydrogen) atoms. The molecular weight excluding hydrogens is 350 g/mol. The second-order valence-electron chi connectivity index (χ2n) is 6.21. The molecule has 0 aliphatic carbocycles. The summed E-state index contributed by atoms with van der Waals surface area (Å²) >= 11 is 0. The van der Waals surface area contributed by atoms with Crippen molar-refractivity contribution in [3.8, 4) is 0 Å². The van der Waals surface area contributed by atoms with Crippen LogP contribution in [0.4, 0.5) is 8.78 Å². The van der Waals surface area contributed by atoms with Gasteiger partial charge in [0.25, 0.3) is 0 Å². The van der Waals surface area contributed by atoms with Gasteiger partial charge in [-0.3, -0.25) is 4.40 Å². The Kier molecular flexibility index (Phi) is 6.66. The number of aromatic nitrogens is 2. The Morgan fingerprint density at radius 1 is 1.15 bits per heavy atom. The first-order chi connectivity index (χ1) is 12.8. The summed E-state index contributed by atoms with van der Waals surface area (Å²) in [6.07, 6.45) is 2.31. The minimum absolute atomic E-state index is 0.169. The lowest BCUT2D eigenvalue weighted by Crippen LogP contribution is -2.09. The number of rotatable bonds is 3. The molecule has 0 atom stereocenters. The minimum atomic E-state index is -0.456. The normalized spacial score (nSPS) is 10.5. The maximum absolute atomic E-state index is 12.6. The van der Waals surface area contributed by atoms with Crippen molar-refractivity contribution in [3.63, 3.8) is 0 Å². The van der Waals surface area contributed by atoms with Crippen LogP contribution in [0.25, 0.3) is 5.65 Å². The SMILES string of the molecule is CCOC(=O)c1c(C)nc2c(C)cc(C)cn12.CCc1c(F)cccc1F. The highest BCUT2D eigenvalue weighted by atomic mass is 19.1. The van der Waals surface area contributed by atoms with E-state index < -0.39 is 11.6 Å². The molecule has 0 saturated heterocycles. The van der Waals surface area contributed by atoms with Gasteiger partial charge in [-0.1, -0.05) is 19.1 Å². The van der Waals surface area contributed by atoms with Gasteiger partial charge in [0, 0.05) is 11.8 Å². The molecule has 0 fully saturated rings. The molecular formula is C21H24F2N2O2. The lowest BCUT2D eigenvalue weighted by Gasteiger charge is -2.05. The number of fused-ring (bicyclic) bond motifs is 1. The summed E-state index contributed by atoms with van der Waals surface area (Å²) in [5, 5.41) is 0. The van der Waals surface area contributed by atoms with Gasteiger partial charge >= 0.3 is 5.97 Å². The molecule has 0 unspecified atom stereocenters. The molecule has 3 aromatic rings. The van der Waals surface area contributed by atoms with Crippen molar-refractivity contribution in [1.82, 2.24) is 9.38 Å². The molecule has 144 valence electrons. The fourth-order valence-corrected chi connectivity index (χ4v) is 2.91. The number of hydrogen-bond donors (Lipinski definition) is 0. The number of halogens is 2. The molecule has 0 aliphatic rings. The van der Waals surface area contributed by atoms with Crippen LogP contribution in [-0.4, -0.2) is 22.0 Å². The number of nitrogens with zero attached hydrogens (tertiary/aromatic N) is 2. The van der Waals surface area contributed by atoms with Crippen molar-refractivity contribution in [2.24, 2.45) is 0 Å². The van der Waals surface area contributed by atoms with E-state index in [1.165, 1.54) is 18.2 Å². The number of ether oxygens (including phenoxy) is 1. The quantitative estimate of drug-likeness (QED) is 0.609. The van der Waals surface area contributed by atoms with Crippen molar-refractivity contribution >= 4 is 11.6 Å². The molecule has 6 heteroatoms. The molecule has 0 saturated carbocycles. The van der Waals surface area contributed by atoms with Crippen LogP contribution in [0.15, 0.2) is 30.5 Å². The van der Waals surface area contributed by atoms with Crippen molar-refractivity contribution in [3.05, 3.63) is 70.2 Å². The van der Waals surface area contributed by atoms with Crippen molar-refractivity contribution < 1.29 is 18.3 Å². The Labute approximate surface area is 157 Å². The predicted molar refractivity (Wildman–Crippen MR) is 101 cm³/mol. The Bertz CT molecular complexity index is 944. The van der Waals surface area contributed by atoms with Gasteiger partial charge < -0.3 is 4.74 Å². The van der Waals surface area contributed by atoms with E-state index in [2.05, 4.69) is 11.1 Å². The summed E-state index contributed by atoms with van der Waals surface area (Å²) in [6, 6.07) is 5.95. The first-order valence-corrected chi connectivity index (χ1v) is 8.86. The number of esters is 1. The highest BCUT2D eigenvalue weighted by molar-refractivity contribution is 5.90. The first kappa shape index (κ1) is 20.6. The zero-order valence-corrected chi connectivity index (χ0v) is 16.3. The van der Waals surface area contributed by atoms with Crippen LogP contribution < -0.4 is 0 Å². The van der Waals surface area contributed by atoms with Crippen LogP contribution in [0.1, 0.15) is 46.7 Å². The van der Waals surface area contributed by atoms with Gasteiger partial charge in [0.05, 0.1) is 12.3 Å². The summed E-state index contributed by atoms with van der Waals surface area (Å²) < 4.78 is 32.1. The summed E-state index contributed by atoms with van der Waals surface area (Å²) in [4.78, 5) is 16.3. The lowest BCUT2D eigenvalue weighted by atomic mass is 10.1. The highest BCUT2D eigenvalue weighted by Crippen LogP contribution is 2.18. The van der Waals surface area contributed by atoms with Gasteiger partial charge in [-0.25, -0.2) is 18.6 Å². The number of hydrogen-bond acceptors (Lipinski definition) is 3. The summed E-state index contributed by atoms with van der Waals surface area (Å²) in [6.45, 7) is 9.71. The first-order valence-electron chi connectivity index (χ1n) is 8.86. The zero-order chi connectivity index (χ0) is 20.1. The Balaban J connectivity index is 0.000000223. The van der Waals surface area contributed by atoms with Gasteiger partial charge in [-0.2, -0.15) is 0 Å². The Hall–Kier alpha value is -2.76. The monoisotopic (exact) mass is 374 g/mol. The summed E-state index contributed by atoms with van der Waals surface area (Å²) in [7, 11) is 0. The third-order valence-corrected chi connectivity index (χ3v) is 4.10. The molecule has 2 heterocycles. The average Bonchev–Trinajstić information content (AvgIpc) is 2.92. The molecule has 1 aromatic carbocycles. The topological polar surface area (TPSA) is 43.6 Å². The van der Waals surface area contributed by atoms with E-state index in [0.717, 1.165) is 16.8 Å². The van der Waals surface area contributed by atoms with Crippen molar-refractivity contribution in [1.29, 1.82) is 0 Å². The van der Waals surface area contributed by atoms with E-state index in [0.29, 0.717) is 24.4 Å². The second-order valence-corrected chi connectivity index (χ2v) is 6.21. The third-order valence-electron chi connectivity index (χ3n) is 4.10. The minimum Gasteiger partial charge on any atom is -0.461 e. The van der Waals surface area contributed by atoms with Crippen molar-refractivity contribution in [2.45, 2.75) is 41.0 Å². The largest absolute Gasteiger partial charge is 0.461 e. The van der Waals surface area contributed by atoms with E-state index in [-0.39, 0.29) is 11.5 Å². The van der Waals surface area contributed by atoms with E-state index >= 15 is 0 Å². The predicted octanol–water partition coefficient (Wildman–Crippen LogP) is 4.96. The molecule has 0 radical (unpaired) electrons. The molecule has 3 rings (SSSR count). The number of benzene rings is 1. The Morgan fingerprint density at radius 2 is 1.78 bits per heavy atom. The zero-order valence-electron chi connectivity index (χ0n) is 16.3. The average molecular weight is 374 g/mol. The maximum atomic E-state index is 12.6. The second kappa shape index (κ2) is 8.75. The molecule has 0 amide bonds. The molecule has 4 nitrogen and oxygen atoms in total. The van der Waals surface area contributed by atoms with Crippen LogP contribution >= 0.6 is 0 Å². The van der Waals surface area contributed by atoms with Crippen LogP contribution in [0.2, 0.25) is 0 Å². The molecule has 2 aromatic heterocycles. The van der Waals surface area contributed by atoms with Gasteiger partial charge in [-0.15, -0.1) is 0 Å². The van der Waals surface area contributed by atoms with Gasteiger partial charge in [0.2, 0.25) is 0 Å². The Morgan fingerprint density at radius 3 is 2.30 bits per heavy atom. The van der Waals surface area contributed by atoms with Crippen LogP contribution in [0.3, 0.4) is 0 Å². The van der Waals surface area contributed by atoms with E-state index in [1.807, 2.05) is 31.4 Å². The highest BCUT2D eigenvalue weighted by Gasteiger charge is 2.18. The standard InChI is InChI=1S/C13H16N2O2.C8H8F2/c1-5-17-13(16)11-10(4)14-12-9(3)6-8(2)7-15(11)12;1-2-6-7(9)4-3-5-8(6)10/h6-7H,5H2,1-4H3;3-5H,2H2,1H3. The molecule has 0 N–H and O–H groups in total. The lowest BCUT2D eigenvalue weighted by molar-refractivity contribution is 0.0517. The van der Waals surface area contributed by atoms with Crippen LogP contribution in [0, 0.1) is 32.4 Å².